The van der Waals surface area contributed by atoms with Crippen molar-refractivity contribution in [2.24, 2.45) is 0 Å². The lowest BCUT2D eigenvalue weighted by Crippen LogP contribution is -2.00. The van der Waals surface area contributed by atoms with Crippen molar-refractivity contribution in [2.75, 3.05) is 0 Å². The standard InChI is InChI=1S/C21H19N3/c1-15-11-12-16(2)24(15)21-10-6-3-7-17(21)13-14-20-18-8-4-5-9-19(18)22-23-20/h3-14H,1-2H3,(H,22,23)/b14-13+. The summed E-state index contributed by atoms with van der Waals surface area (Å²) in [6, 6.07) is 20.9. The Hall–Kier alpha value is -3.07. The summed E-state index contributed by atoms with van der Waals surface area (Å²) in [4.78, 5) is 0. The molecule has 3 heteroatoms. The Balaban J connectivity index is 1.78. The molecule has 0 saturated heterocycles. The van der Waals surface area contributed by atoms with Gasteiger partial charge in [0.2, 0.25) is 0 Å². The van der Waals surface area contributed by atoms with E-state index in [1.54, 1.807) is 0 Å². The number of aryl methyl sites for hydroxylation is 2. The zero-order valence-corrected chi connectivity index (χ0v) is 13.8. The van der Waals surface area contributed by atoms with E-state index in [0.717, 1.165) is 16.6 Å². The zero-order valence-electron chi connectivity index (χ0n) is 13.8. The van der Waals surface area contributed by atoms with Crippen LogP contribution in [0.15, 0.2) is 60.7 Å². The summed E-state index contributed by atoms with van der Waals surface area (Å²) in [6.07, 6.45) is 4.21. The van der Waals surface area contributed by atoms with E-state index < -0.39 is 0 Å². The Bertz CT molecular complexity index is 1010. The maximum Gasteiger partial charge on any atom is 0.0927 e. The molecule has 0 fully saturated rings. The number of benzene rings is 2. The van der Waals surface area contributed by atoms with Gasteiger partial charge in [0.05, 0.1) is 16.9 Å². The number of nitrogens with one attached hydrogen (secondary N) is 1. The maximum absolute atomic E-state index is 4.42. The largest absolute Gasteiger partial charge is 0.318 e. The highest BCUT2D eigenvalue weighted by atomic mass is 15.1. The fourth-order valence-corrected chi connectivity index (χ4v) is 3.16. The van der Waals surface area contributed by atoms with E-state index in [9.17, 15) is 0 Å². The van der Waals surface area contributed by atoms with Crippen molar-refractivity contribution in [3.63, 3.8) is 0 Å². The van der Waals surface area contributed by atoms with Crippen molar-refractivity contribution < 1.29 is 0 Å². The Labute approximate surface area is 141 Å². The molecular weight excluding hydrogens is 294 g/mol. The molecule has 24 heavy (non-hydrogen) atoms. The molecule has 0 amide bonds. The van der Waals surface area contributed by atoms with Crippen molar-refractivity contribution >= 4 is 23.1 Å². The monoisotopic (exact) mass is 313 g/mol. The molecule has 0 unspecified atom stereocenters. The quantitative estimate of drug-likeness (QED) is 0.558. The highest BCUT2D eigenvalue weighted by Gasteiger charge is 2.07. The maximum atomic E-state index is 4.42. The number of aromatic amines is 1. The second kappa shape index (κ2) is 5.85. The van der Waals surface area contributed by atoms with E-state index in [-0.39, 0.29) is 0 Å². The SMILES string of the molecule is Cc1ccc(C)n1-c1ccccc1/C=C/c1n[nH]c2ccccc12. The van der Waals surface area contributed by atoms with Crippen molar-refractivity contribution in [1.29, 1.82) is 0 Å². The van der Waals surface area contributed by atoms with Crippen LogP contribution >= 0.6 is 0 Å². The summed E-state index contributed by atoms with van der Waals surface area (Å²) in [7, 11) is 0. The number of para-hydroxylation sites is 2. The van der Waals surface area contributed by atoms with Gasteiger partial charge in [0, 0.05) is 16.8 Å². The summed E-state index contributed by atoms with van der Waals surface area (Å²) in [5.41, 5.74) is 6.85. The molecule has 0 radical (unpaired) electrons. The van der Waals surface area contributed by atoms with Gasteiger partial charge in [-0.3, -0.25) is 5.10 Å². The van der Waals surface area contributed by atoms with E-state index in [2.05, 4.69) is 83.2 Å². The van der Waals surface area contributed by atoms with Crippen molar-refractivity contribution in [3.05, 3.63) is 83.3 Å². The molecule has 1 N–H and O–H groups in total. The van der Waals surface area contributed by atoms with Gasteiger partial charge >= 0.3 is 0 Å². The molecule has 2 aromatic carbocycles. The van der Waals surface area contributed by atoms with Gasteiger partial charge in [-0.2, -0.15) is 5.10 Å². The first-order chi connectivity index (χ1) is 11.7. The van der Waals surface area contributed by atoms with Crippen LogP contribution in [0.1, 0.15) is 22.6 Å². The Morgan fingerprint density at radius 3 is 2.38 bits per heavy atom. The van der Waals surface area contributed by atoms with Gasteiger partial charge in [-0.05, 0) is 49.8 Å². The van der Waals surface area contributed by atoms with E-state index >= 15 is 0 Å². The fourth-order valence-electron chi connectivity index (χ4n) is 3.16. The van der Waals surface area contributed by atoms with Crippen LogP contribution in [0.3, 0.4) is 0 Å². The highest BCUT2D eigenvalue weighted by molar-refractivity contribution is 5.89. The average Bonchev–Trinajstić information content (AvgIpc) is 3.17. The molecule has 0 saturated carbocycles. The Morgan fingerprint density at radius 2 is 1.54 bits per heavy atom. The van der Waals surface area contributed by atoms with Crippen LogP contribution in [0.25, 0.3) is 28.7 Å². The normalized spacial score (nSPS) is 11.6. The van der Waals surface area contributed by atoms with Gasteiger partial charge in [-0.15, -0.1) is 0 Å². The first-order valence-electron chi connectivity index (χ1n) is 8.09. The number of rotatable bonds is 3. The van der Waals surface area contributed by atoms with Gasteiger partial charge in [-0.25, -0.2) is 0 Å². The predicted molar refractivity (Wildman–Crippen MR) is 100 cm³/mol. The molecule has 0 atom stereocenters. The van der Waals surface area contributed by atoms with Gasteiger partial charge in [0.15, 0.2) is 0 Å². The van der Waals surface area contributed by atoms with E-state index in [0.29, 0.717) is 0 Å². The van der Waals surface area contributed by atoms with Crippen molar-refractivity contribution in [2.45, 2.75) is 13.8 Å². The lowest BCUT2D eigenvalue weighted by atomic mass is 10.1. The second-order valence-corrected chi connectivity index (χ2v) is 6.00. The number of aromatic nitrogens is 3. The minimum atomic E-state index is 0.960. The number of nitrogens with zero attached hydrogens (tertiary/aromatic N) is 2. The first kappa shape index (κ1) is 14.5. The topological polar surface area (TPSA) is 33.6 Å². The number of hydrogen-bond donors (Lipinski definition) is 1. The predicted octanol–water partition coefficient (Wildman–Crippen LogP) is 5.14. The zero-order chi connectivity index (χ0) is 16.5. The van der Waals surface area contributed by atoms with Crippen LogP contribution < -0.4 is 0 Å². The molecule has 0 aliphatic rings. The smallest absolute Gasteiger partial charge is 0.0927 e. The third-order valence-electron chi connectivity index (χ3n) is 4.37. The molecule has 0 bridgehead atoms. The molecule has 118 valence electrons. The van der Waals surface area contributed by atoms with Crippen LogP contribution in [0.2, 0.25) is 0 Å². The summed E-state index contributed by atoms with van der Waals surface area (Å²) in [5, 5.41) is 8.64. The van der Waals surface area contributed by atoms with Gasteiger partial charge < -0.3 is 4.57 Å². The average molecular weight is 313 g/mol. The third-order valence-corrected chi connectivity index (χ3v) is 4.37. The lowest BCUT2D eigenvalue weighted by Gasteiger charge is -2.12. The minimum Gasteiger partial charge on any atom is -0.318 e. The molecule has 0 aliphatic heterocycles. The summed E-state index contributed by atoms with van der Waals surface area (Å²) in [5.74, 6) is 0. The number of H-pyrrole nitrogens is 1. The van der Waals surface area contributed by atoms with Gasteiger partial charge in [0.1, 0.15) is 0 Å². The van der Waals surface area contributed by atoms with E-state index in [1.165, 1.54) is 22.6 Å². The van der Waals surface area contributed by atoms with Crippen LogP contribution in [0.5, 0.6) is 0 Å². The first-order valence-corrected chi connectivity index (χ1v) is 8.09. The highest BCUT2D eigenvalue weighted by Crippen LogP contribution is 2.23. The molecule has 4 rings (SSSR count). The third kappa shape index (κ3) is 2.44. The van der Waals surface area contributed by atoms with Crippen LogP contribution in [0, 0.1) is 13.8 Å². The molecule has 0 aliphatic carbocycles. The Morgan fingerprint density at radius 1 is 0.833 bits per heavy atom. The van der Waals surface area contributed by atoms with E-state index in [4.69, 9.17) is 0 Å². The molecule has 2 aromatic heterocycles. The Kier molecular flexibility index (Phi) is 3.54. The molecule has 3 nitrogen and oxygen atoms in total. The molecule has 0 spiro atoms. The van der Waals surface area contributed by atoms with Gasteiger partial charge in [0.25, 0.3) is 0 Å². The fraction of sp³-hybridized carbons (Fsp3) is 0.0952. The molecular formula is C21H19N3. The van der Waals surface area contributed by atoms with Crippen molar-refractivity contribution in [3.8, 4) is 5.69 Å². The number of hydrogen-bond acceptors (Lipinski definition) is 1. The van der Waals surface area contributed by atoms with Crippen molar-refractivity contribution in [1.82, 2.24) is 14.8 Å². The van der Waals surface area contributed by atoms with E-state index in [1.807, 2.05) is 18.2 Å². The van der Waals surface area contributed by atoms with Crippen LogP contribution in [0.4, 0.5) is 0 Å². The van der Waals surface area contributed by atoms with Crippen LogP contribution in [-0.2, 0) is 0 Å². The summed E-state index contributed by atoms with van der Waals surface area (Å²) >= 11 is 0. The summed E-state index contributed by atoms with van der Waals surface area (Å²) < 4.78 is 2.28. The number of fused-ring (bicyclic) bond motifs is 1. The molecule has 4 aromatic rings. The second-order valence-electron chi connectivity index (χ2n) is 6.00. The lowest BCUT2D eigenvalue weighted by molar-refractivity contribution is 0.963. The van der Waals surface area contributed by atoms with Crippen LogP contribution in [-0.4, -0.2) is 14.8 Å². The van der Waals surface area contributed by atoms with Gasteiger partial charge in [-0.1, -0.05) is 42.5 Å². The summed E-state index contributed by atoms with van der Waals surface area (Å²) in [6.45, 7) is 4.27. The minimum absolute atomic E-state index is 0.960. The molecule has 2 heterocycles.